The smallest absolute Gasteiger partial charge is 0.0426 e. The monoisotopic (exact) mass is 156 g/mol. The zero-order valence-electron chi connectivity index (χ0n) is 5.52. The maximum absolute atomic E-state index is 10.2. The lowest BCUT2D eigenvalue weighted by Crippen LogP contribution is -1.87. The van der Waals surface area contributed by atoms with Crippen LogP contribution in [0.15, 0.2) is 18.2 Å². The van der Waals surface area contributed by atoms with Crippen molar-refractivity contribution in [2.24, 2.45) is 0 Å². The summed E-state index contributed by atoms with van der Waals surface area (Å²) in [7, 11) is 0. The molecule has 1 aromatic carbocycles. The zero-order valence-corrected chi connectivity index (χ0v) is 6.27. The van der Waals surface area contributed by atoms with Crippen LogP contribution in [0.25, 0.3) is 0 Å². The summed E-state index contributed by atoms with van der Waals surface area (Å²) in [5, 5.41) is 10.8. The molecule has 0 aliphatic carbocycles. The average molecular weight is 157 g/mol. The maximum atomic E-state index is 10.2. The Balaban J connectivity index is 3.09. The highest BCUT2D eigenvalue weighted by molar-refractivity contribution is 6.30. The van der Waals surface area contributed by atoms with Crippen LogP contribution >= 0.6 is 11.6 Å². The van der Waals surface area contributed by atoms with Crippen LogP contribution in [-0.4, -0.2) is 0 Å². The second-order valence-electron chi connectivity index (χ2n) is 2.06. The molecule has 0 unspecified atom stereocenters. The lowest BCUT2D eigenvalue weighted by atomic mass is 10.2. The fourth-order valence-corrected chi connectivity index (χ4v) is 0.876. The van der Waals surface area contributed by atoms with Crippen molar-refractivity contribution >= 4 is 17.3 Å². The molecule has 0 spiro atoms. The van der Waals surface area contributed by atoms with Crippen LogP contribution < -0.4 is 5.48 Å². The summed E-state index contributed by atoms with van der Waals surface area (Å²) in [6, 6.07) is 5.14. The molecule has 0 saturated carbocycles. The van der Waals surface area contributed by atoms with Gasteiger partial charge < -0.3 is 10.7 Å². The summed E-state index contributed by atoms with van der Waals surface area (Å²) in [5.41, 5.74) is 3.24. The number of rotatable bonds is 1. The van der Waals surface area contributed by atoms with Crippen LogP contribution in [0.5, 0.6) is 0 Å². The van der Waals surface area contributed by atoms with Crippen LogP contribution in [0.2, 0.25) is 5.02 Å². The standard InChI is InChI=1S/C7H7ClNO/c1-5-2-3-6(8)4-7(5)9-10/h2-4,9H,1H3/q-1. The highest BCUT2D eigenvalue weighted by Gasteiger charge is 1.92. The van der Waals surface area contributed by atoms with Crippen LogP contribution in [0.3, 0.4) is 0 Å². The van der Waals surface area contributed by atoms with Gasteiger partial charge in [0.1, 0.15) is 0 Å². The Morgan fingerprint density at radius 3 is 2.70 bits per heavy atom. The Hall–Kier alpha value is -0.730. The zero-order chi connectivity index (χ0) is 7.56. The number of nitrogens with one attached hydrogen (secondary N) is 1. The SMILES string of the molecule is Cc1ccc(Cl)cc1N[O-]. The number of hydrogen-bond donors (Lipinski definition) is 1. The van der Waals surface area contributed by atoms with Crippen molar-refractivity contribution in [1.82, 2.24) is 0 Å². The van der Waals surface area contributed by atoms with Crippen molar-refractivity contribution in [3.8, 4) is 0 Å². The molecule has 1 N–H and O–H groups in total. The van der Waals surface area contributed by atoms with E-state index in [1.807, 2.05) is 6.92 Å². The molecule has 0 aliphatic heterocycles. The molecule has 0 heterocycles. The van der Waals surface area contributed by atoms with Gasteiger partial charge >= 0.3 is 0 Å². The highest BCUT2D eigenvalue weighted by Crippen LogP contribution is 2.19. The maximum Gasteiger partial charge on any atom is 0.0426 e. The molecular formula is C7H7ClNO-. The molecule has 1 aromatic rings. The molecule has 3 heteroatoms. The molecule has 0 aromatic heterocycles. The fourth-order valence-electron chi connectivity index (χ4n) is 0.704. The molecule has 0 amide bonds. The molecular weight excluding hydrogens is 150 g/mol. The summed E-state index contributed by atoms with van der Waals surface area (Å²) < 4.78 is 0. The van der Waals surface area contributed by atoms with Gasteiger partial charge in [-0.1, -0.05) is 17.7 Å². The fraction of sp³-hybridized carbons (Fsp3) is 0.143. The van der Waals surface area contributed by atoms with Gasteiger partial charge in [-0.25, -0.2) is 0 Å². The molecule has 0 radical (unpaired) electrons. The van der Waals surface area contributed by atoms with Crippen molar-refractivity contribution in [3.63, 3.8) is 0 Å². The molecule has 1 rings (SSSR count). The third-order valence-corrected chi connectivity index (χ3v) is 1.54. The van der Waals surface area contributed by atoms with Crippen molar-refractivity contribution < 1.29 is 0 Å². The minimum Gasteiger partial charge on any atom is -0.761 e. The van der Waals surface area contributed by atoms with Gasteiger partial charge in [0, 0.05) is 10.7 Å². The van der Waals surface area contributed by atoms with E-state index in [1.165, 1.54) is 0 Å². The summed E-state index contributed by atoms with van der Waals surface area (Å²) in [4.78, 5) is 0. The first-order valence-corrected chi connectivity index (χ1v) is 3.26. The minimum atomic E-state index is 0.535. The van der Waals surface area contributed by atoms with Gasteiger partial charge in [0.05, 0.1) is 0 Å². The number of hydrogen-bond acceptors (Lipinski definition) is 2. The van der Waals surface area contributed by atoms with Crippen LogP contribution in [0.1, 0.15) is 5.56 Å². The molecule has 0 bridgehead atoms. The Bertz CT molecular complexity index is 237. The van der Waals surface area contributed by atoms with E-state index >= 15 is 0 Å². The van der Waals surface area contributed by atoms with Gasteiger partial charge in [0.25, 0.3) is 0 Å². The summed E-state index contributed by atoms with van der Waals surface area (Å²) >= 11 is 5.62. The largest absolute Gasteiger partial charge is 0.761 e. The van der Waals surface area contributed by atoms with E-state index < -0.39 is 0 Å². The van der Waals surface area contributed by atoms with Crippen molar-refractivity contribution in [2.45, 2.75) is 6.92 Å². The second-order valence-corrected chi connectivity index (χ2v) is 2.50. The topological polar surface area (TPSA) is 35.1 Å². The lowest BCUT2D eigenvalue weighted by Gasteiger charge is -2.11. The predicted molar refractivity (Wildman–Crippen MR) is 43.2 cm³/mol. The van der Waals surface area contributed by atoms with Crippen molar-refractivity contribution in [1.29, 1.82) is 0 Å². The van der Waals surface area contributed by atoms with Gasteiger partial charge in [-0.15, -0.1) is 0 Å². The van der Waals surface area contributed by atoms with Gasteiger partial charge in [-0.2, -0.15) is 0 Å². The van der Waals surface area contributed by atoms with Gasteiger partial charge in [0.15, 0.2) is 0 Å². The van der Waals surface area contributed by atoms with Crippen molar-refractivity contribution in [3.05, 3.63) is 34.0 Å². The normalized spacial score (nSPS) is 9.50. The molecule has 54 valence electrons. The Labute approximate surface area is 64.4 Å². The molecule has 2 nitrogen and oxygen atoms in total. The van der Waals surface area contributed by atoms with E-state index in [0.717, 1.165) is 5.56 Å². The third kappa shape index (κ3) is 1.40. The van der Waals surface area contributed by atoms with Crippen LogP contribution in [-0.2, 0) is 0 Å². The molecule has 10 heavy (non-hydrogen) atoms. The van der Waals surface area contributed by atoms with Crippen LogP contribution in [0.4, 0.5) is 5.69 Å². The number of halogens is 1. The first-order valence-electron chi connectivity index (χ1n) is 2.88. The Kier molecular flexibility index (Phi) is 2.14. The van der Waals surface area contributed by atoms with E-state index in [9.17, 15) is 5.21 Å². The number of aryl methyl sites for hydroxylation is 1. The second kappa shape index (κ2) is 2.90. The first kappa shape index (κ1) is 7.38. The Morgan fingerprint density at radius 2 is 2.20 bits per heavy atom. The number of anilines is 1. The van der Waals surface area contributed by atoms with E-state index in [-0.39, 0.29) is 0 Å². The lowest BCUT2D eigenvalue weighted by molar-refractivity contribution is 1.44. The minimum absolute atomic E-state index is 0.535. The molecule has 0 aliphatic rings. The Morgan fingerprint density at radius 1 is 1.50 bits per heavy atom. The van der Waals surface area contributed by atoms with Crippen LogP contribution in [0, 0.1) is 12.1 Å². The molecule has 0 atom stereocenters. The summed E-state index contributed by atoms with van der Waals surface area (Å²) in [6.07, 6.45) is 0. The summed E-state index contributed by atoms with van der Waals surface area (Å²) in [6.45, 7) is 1.84. The third-order valence-electron chi connectivity index (χ3n) is 1.31. The predicted octanol–water partition coefficient (Wildman–Crippen LogP) is 2.56. The van der Waals surface area contributed by atoms with Gasteiger partial charge in [-0.05, 0) is 24.6 Å². The molecule has 0 saturated heterocycles. The van der Waals surface area contributed by atoms with E-state index in [4.69, 9.17) is 11.6 Å². The average Bonchev–Trinajstić information content (AvgIpc) is 1.94. The number of benzene rings is 1. The highest BCUT2D eigenvalue weighted by atomic mass is 35.5. The van der Waals surface area contributed by atoms with E-state index in [2.05, 4.69) is 0 Å². The van der Waals surface area contributed by atoms with E-state index in [1.54, 1.807) is 23.7 Å². The van der Waals surface area contributed by atoms with E-state index in [0.29, 0.717) is 10.7 Å². The molecule has 0 fully saturated rings. The van der Waals surface area contributed by atoms with Gasteiger partial charge in [-0.3, -0.25) is 0 Å². The summed E-state index contributed by atoms with van der Waals surface area (Å²) in [5.74, 6) is 0. The van der Waals surface area contributed by atoms with Gasteiger partial charge in [0.2, 0.25) is 0 Å². The van der Waals surface area contributed by atoms with Crippen molar-refractivity contribution in [2.75, 3.05) is 5.48 Å². The quantitative estimate of drug-likeness (QED) is 0.635. The first-order chi connectivity index (χ1) is 4.74.